The van der Waals surface area contributed by atoms with Crippen molar-refractivity contribution in [2.24, 2.45) is 0 Å². The number of fused-ring (bicyclic) bond motifs is 1. The first-order valence-electron chi connectivity index (χ1n) is 9.15. The predicted octanol–water partition coefficient (Wildman–Crippen LogP) is 3.51. The maximum Gasteiger partial charge on any atom is 0.416 e. The van der Waals surface area contributed by atoms with Crippen LogP contribution in [0.3, 0.4) is 0 Å². The monoisotopic (exact) mass is 434 g/mol. The van der Waals surface area contributed by atoms with E-state index in [0.717, 1.165) is 23.1 Å². The number of carbonyl (C=O) groups excluding carboxylic acids is 4. The molecule has 31 heavy (non-hydrogen) atoms. The van der Waals surface area contributed by atoms with Crippen LogP contribution in [-0.4, -0.2) is 41.2 Å². The smallest absolute Gasteiger partial charge is 0.416 e. The fourth-order valence-corrected chi connectivity index (χ4v) is 3.04. The molecule has 0 radical (unpaired) electrons. The summed E-state index contributed by atoms with van der Waals surface area (Å²) in [6, 6.07) is 7.48. The number of amides is 3. The molecule has 1 N–H and O–H groups in total. The van der Waals surface area contributed by atoms with Crippen molar-refractivity contribution in [1.29, 1.82) is 0 Å². The first kappa shape index (κ1) is 22.0. The van der Waals surface area contributed by atoms with Crippen LogP contribution in [0.2, 0.25) is 0 Å². The van der Waals surface area contributed by atoms with Crippen molar-refractivity contribution in [1.82, 2.24) is 4.90 Å². The molecule has 0 saturated carbocycles. The van der Waals surface area contributed by atoms with Gasteiger partial charge in [0, 0.05) is 11.7 Å². The minimum atomic E-state index is -4.56. The molecule has 0 spiro atoms. The van der Waals surface area contributed by atoms with Crippen molar-refractivity contribution in [3.63, 3.8) is 0 Å². The van der Waals surface area contributed by atoms with E-state index >= 15 is 0 Å². The summed E-state index contributed by atoms with van der Waals surface area (Å²) < 4.78 is 43.1. The third-order valence-corrected chi connectivity index (χ3v) is 4.48. The van der Waals surface area contributed by atoms with E-state index in [1.54, 1.807) is 13.8 Å². The van der Waals surface area contributed by atoms with E-state index in [1.165, 1.54) is 24.3 Å². The Morgan fingerprint density at radius 2 is 1.71 bits per heavy atom. The average Bonchev–Trinajstić information content (AvgIpc) is 2.95. The van der Waals surface area contributed by atoms with Crippen molar-refractivity contribution in [3.05, 3.63) is 64.7 Å². The second-order valence-corrected chi connectivity index (χ2v) is 7.04. The van der Waals surface area contributed by atoms with E-state index in [-0.39, 0.29) is 28.4 Å². The van der Waals surface area contributed by atoms with Gasteiger partial charge in [0.15, 0.2) is 6.61 Å². The minimum absolute atomic E-state index is 0.0441. The van der Waals surface area contributed by atoms with Crippen LogP contribution in [-0.2, 0) is 15.7 Å². The number of rotatable bonds is 5. The number of ether oxygens (including phenoxy) is 1. The van der Waals surface area contributed by atoms with Crippen LogP contribution < -0.4 is 5.32 Å². The van der Waals surface area contributed by atoms with Gasteiger partial charge in [-0.2, -0.15) is 13.2 Å². The first-order valence-corrected chi connectivity index (χ1v) is 9.15. The molecule has 10 heteroatoms. The van der Waals surface area contributed by atoms with Gasteiger partial charge < -0.3 is 10.1 Å². The Balaban J connectivity index is 1.64. The molecule has 3 amide bonds. The van der Waals surface area contributed by atoms with Crippen molar-refractivity contribution in [2.45, 2.75) is 26.1 Å². The first-order chi connectivity index (χ1) is 14.5. The Morgan fingerprint density at radius 3 is 2.35 bits per heavy atom. The lowest BCUT2D eigenvalue weighted by molar-refractivity contribution is -0.137. The largest absolute Gasteiger partial charge is 0.452 e. The van der Waals surface area contributed by atoms with Gasteiger partial charge in [0.2, 0.25) is 0 Å². The molecule has 0 unspecified atom stereocenters. The van der Waals surface area contributed by atoms with Gasteiger partial charge in [0.05, 0.1) is 22.3 Å². The maximum atomic E-state index is 12.7. The number of nitrogens with zero attached hydrogens (tertiary/aromatic N) is 1. The quantitative estimate of drug-likeness (QED) is 0.574. The summed E-state index contributed by atoms with van der Waals surface area (Å²) >= 11 is 0. The van der Waals surface area contributed by atoms with Crippen molar-refractivity contribution in [2.75, 3.05) is 11.9 Å². The second kappa shape index (κ2) is 8.21. The Labute approximate surface area is 174 Å². The summed E-state index contributed by atoms with van der Waals surface area (Å²) in [5.41, 5.74) is -0.863. The number of anilines is 1. The van der Waals surface area contributed by atoms with Crippen LogP contribution in [0.1, 0.15) is 50.5 Å². The van der Waals surface area contributed by atoms with Crippen molar-refractivity contribution >= 4 is 29.4 Å². The molecule has 1 aliphatic heterocycles. The van der Waals surface area contributed by atoms with E-state index in [1.807, 2.05) is 0 Å². The summed E-state index contributed by atoms with van der Waals surface area (Å²) in [5.74, 6) is -2.77. The van der Waals surface area contributed by atoms with E-state index in [0.29, 0.717) is 0 Å². The summed E-state index contributed by atoms with van der Waals surface area (Å²) in [4.78, 5) is 49.9. The Bertz CT molecular complexity index is 1080. The number of alkyl halides is 3. The Hall–Kier alpha value is -3.69. The average molecular weight is 434 g/mol. The molecule has 0 atom stereocenters. The molecule has 0 saturated heterocycles. The van der Waals surface area contributed by atoms with Gasteiger partial charge in [-0.15, -0.1) is 0 Å². The summed E-state index contributed by atoms with van der Waals surface area (Å²) in [6.45, 7) is 2.61. The fraction of sp³-hybridized carbons (Fsp3) is 0.238. The van der Waals surface area contributed by atoms with Crippen molar-refractivity contribution in [3.8, 4) is 0 Å². The van der Waals surface area contributed by atoms with Crippen LogP contribution in [0, 0.1) is 0 Å². The number of hydrogen-bond donors (Lipinski definition) is 1. The van der Waals surface area contributed by atoms with Gasteiger partial charge in [-0.3, -0.25) is 19.3 Å². The molecule has 0 aromatic heterocycles. The van der Waals surface area contributed by atoms with Gasteiger partial charge in [-0.05, 0) is 50.2 Å². The highest BCUT2D eigenvalue weighted by molar-refractivity contribution is 6.22. The van der Waals surface area contributed by atoms with Crippen LogP contribution in [0.15, 0.2) is 42.5 Å². The highest BCUT2D eigenvalue weighted by Gasteiger charge is 2.37. The maximum absolute atomic E-state index is 12.7. The Kier molecular flexibility index (Phi) is 5.83. The summed E-state index contributed by atoms with van der Waals surface area (Å²) in [6.07, 6.45) is -4.56. The molecule has 3 rings (SSSR count). The number of nitrogens with one attached hydrogen (secondary N) is 1. The normalized spacial score (nSPS) is 13.4. The third-order valence-electron chi connectivity index (χ3n) is 4.48. The zero-order valence-electron chi connectivity index (χ0n) is 16.4. The van der Waals surface area contributed by atoms with Crippen molar-refractivity contribution < 1.29 is 37.1 Å². The molecule has 7 nitrogen and oxygen atoms in total. The second-order valence-electron chi connectivity index (χ2n) is 7.04. The van der Waals surface area contributed by atoms with Gasteiger partial charge in [-0.25, -0.2) is 4.79 Å². The van der Waals surface area contributed by atoms with Crippen LogP contribution in [0.5, 0.6) is 0 Å². The molecule has 0 bridgehead atoms. The topological polar surface area (TPSA) is 92.8 Å². The van der Waals surface area contributed by atoms with E-state index in [4.69, 9.17) is 4.74 Å². The summed E-state index contributed by atoms with van der Waals surface area (Å²) in [5, 5.41) is 2.21. The van der Waals surface area contributed by atoms with E-state index in [9.17, 15) is 32.3 Å². The minimum Gasteiger partial charge on any atom is -0.452 e. The lowest BCUT2D eigenvalue weighted by atomic mass is 10.1. The number of benzene rings is 2. The lowest BCUT2D eigenvalue weighted by Crippen LogP contribution is -2.35. The van der Waals surface area contributed by atoms with Crippen LogP contribution in [0.4, 0.5) is 18.9 Å². The van der Waals surface area contributed by atoms with E-state index in [2.05, 4.69) is 5.32 Å². The molecule has 2 aromatic rings. The molecule has 162 valence electrons. The van der Waals surface area contributed by atoms with Gasteiger partial charge in [-0.1, -0.05) is 6.07 Å². The number of halogens is 3. The molecule has 0 fully saturated rings. The fourth-order valence-electron chi connectivity index (χ4n) is 3.04. The van der Waals surface area contributed by atoms with Gasteiger partial charge >= 0.3 is 12.1 Å². The molecule has 0 aliphatic carbocycles. The molecular weight excluding hydrogens is 417 g/mol. The SMILES string of the molecule is CC(C)N1C(=O)c2ccc(C(=O)OCC(=O)Nc3cccc(C(F)(F)F)c3)cc2C1=O. The molecule has 1 aliphatic rings. The Morgan fingerprint density at radius 1 is 1.03 bits per heavy atom. The highest BCUT2D eigenvalue weighted by atomic mass is 19.4. The highest BCUT2D eigenvalue weighted by Crippen LogP contribution is 2.30. The third kappa shape index (κ3) is 4.57. The molecular formula is C21H17F3N2O5. The molecule has 1 heterocycles. The van der Waals surface area contributed by atoms with Gasteiger partial charge in [0.25, 0.3) is 17.7 Å². The zero-order valence-corrected chi connectivity index (χ0v) is 16.4. The summed E-state index contributed by atoms with van der Waals surface area (Å²) in [7, 11) is 0. The van der Waals surface area contributed by atoms with Crippen LogP contribution >= 0.6 is 0 Å². The predicted molar refractivity (Wildman–Crippen MR) is 102 cm³/mol. The number of imide groups is 1. The number of esters is 1. The zero-order chi connectivity index (χ0) is 22.9. The molecule has 2 aromatic carbocycles. The standard InChI is InChI=1S/C21H17F3N2O5/c1-11(2)26-18(28)15-7-6-12(8-16(15)19(26)29)20(30)31-10-17(27)25-14-5-3-4-13(9-14)21(22,23)24/h3-9,11H,10H2,1-2H3,(H,25,27). The lowest BCUT2D eigenvalue weighted by Gasteiger charge is -2.17. The van der Waals surface area contributed by atoms with Crippen LogP contribution in [0.25, 0.3) is 0 Å². The van der Waals surface area contributed by atoms with Gasteiger partial charge in [0.1, 0.15) is 0 Å². The van der Waals surface area contributed by atoms with E-state index < -0.39 is 42.0 Å². The number of hydrogen-bond acceptors (Lipinski definition) is 5. The number of carbonyl (C=O) groups is 4.